The van der Waals surface area contributed by atoms with Gasteiger partial charge in [-0.2, -0.15) is 5.26 Å². The summed E-state index contributed by atoms with van der Waals surface area (Å²) in [6, 6.07) is 15.4. The minimum atomic E-state index is -1.69. The highest BCUT2D eigenvalue weighted by Crippen LogP contribution is 2.31. The second-order valence-electron chi connectivity index (χ2n) is 7.51. The number of nitrogens with zero attached hydrogens (tertiary/aromatic N) is 1. The van der Waals surface area contributed by atoms with Crippen molar-refractivity contribution >= 4 is 18.4 Å². The molecule has 0 spiro atoms. The summed E-state index contributed by atoms with van der Waals surface area (Å²) >= 11 is 0. The van der Waals surface area contributed by atoms with Crippen molar-refractivity contribution in [3.05, 3.63) is 47.5 Å². The lowest BCUT2D eigenvalue weighted by Gasteiger charge is -2.24. The van der Waals surface area contributed by atoms with Crippen LogP contribution in [0.3, 0.4) is 0 Å². The lowest BCUT2D eigenvalue weighted by molar-refractivity contribution is 0.591. The Hall–Kier alpha value is -1.85. The summed E-state index contributed by atoms with van der Waals surface area (Å²) in [6.45, 7) is 11.6. The summed E-state index contributed by atoms with van der Waals surface area (Å²) < 4.78 is 0. The van der Waals surface area contributed by atoms with E-state index in [1.54, 1.807) is 0 Å². The molecule has 0 amide bonds. The van der Waals surface area contributed by atoms with E-state index in [4.69, 9.17) is 0 Å². The van der Waals surface area contributed by atoms with Gasteiger partial charge in [-0.05, 0) is 44.6 Å². The minimum Gasteiger partial charge on any atom is -0.192 e. The third-order valence-electron chi connectivity index (χ3n) is 4.67. The Balaban J connectivity index is 2.26. The topological polar surface area (TPSA) is 23.8 Å². The molecule has 0 fully saturated rings. The van der Waals surface area contributed by atoms with Crippen LogP contribution >= 0.6 is 0 Å². The summed E-state index contributed by atoms with van der Waals surface area (Å²) in [5, 5.41) is 12.1. The van der Waals surface area contributed by atoms with Crippen LogP contribution in [-0.4, -0.2) is 8.07 Å². The molecule has 1 aliphatic heterocycles. The molecule has 106 valence electrons. The molecule has 2 aromatic carbocycles. The van der Waals surface area contributed by atoms with Crippen molar-refractivity contribution in [2.75, 3.05) is 0 Å². The first-order chi connectivity index (χ1) is 9.75. The molecule has 2 aromatic rings. The highest BCUT2D eigenvalue weighted by Gasteiger charge is 2.38. The van der Waals surface area contributed by atoms with Gasteiger partial charge in [-0.15, -0.1) is 0 Å². The van der Waals surface area contributed by atoms with Gasteiger partial charge in [-0.25, -0.2) is 0 Å². The molecule has 21 heavy (non-hydrogen) atoms. The Labute approximate surface area is 128 Å². The van der Waals surface area contributed by atoms with Crippen molar-refractivity contribution in [3.63, 3.8) is 0 Å². The predicted molar refractivity (Wildman–Crippen MR) is 92.0 cm³/mol. The first-order valence-corrected chi connectivity index (χ1v) is 10.4. The predicted octanol–water partition coefficient (Wildman–Crippen LogP) is 3.66. The van der Waals surface area contributed by atoms with Crippen LogP contribution in [0.25, 0.3) is 11.1 Å². The van der Waals surface area contributed by atoms with Crippen LogP contribution in [-0.2, 0) is 5.41 Å². The largest absolute Gasteiger partial charge is 0.192 e. The zero-order chi connectivity index (χ0) is 15.4. The molecule has 0 aromatic heterocycles. The average Bonchev–Trinajstić information content (AvgIpc) is 2.66. The number of rotatable bonds is 0. The van der Waals surface area contributed by atoms with Gasteiger partial charge in [0.1, 0.15) is 8.07 Å². The first-order valence-electron chi connectivity index (χ1n) is 7.45. The van der Waals surface area contributed by atoms with Crippen molar-refractivity contribution in [2.45, 2.75) is 39.3 Å². The number of benzene rings is 2. The Morgan fingerprint density at radius 3 is 2.05 bits per heavy atom. The molecule has 2 heteroatoms. The van der Waals surface area contributed by atoms with Crippen molar-refractivity contribution in [1.29, 1.82) is 5.26 Å². The molecule has 0 aliphatic carbocycles. The lowest BCUT2D eigenvalue weighted by Crippen LogP contribution is -2.49. The molecule has 0 saturated heterocycles. The van der Waals surface area contributed by atoms with Gasteiger partial charge in [0.2, 0.25) is 0 Å². The molecule has 1 aliphatic rings. The number of hydrogen-bond donors (Lipinski definition) is 0. The van der Waals surface area contributed by atoms with Gasteiger partial charge < -0.3 is 0 Å². The summed E-state index contributed by atoms with van der Waals surface area (Å²) in [6.07, 6.45) is 0. The maximum atomic E-state index is 9.17. The third-order valence-corrected chi connectivity index (χ3v) is 8.19. The van der Waals surface area contributed by atoms with E-state index in [-0.39, 0.29) is 5.41 Å². The Kier molecular flexibility index (Phi) is 2.90. The SMILES string of the molecule is CC(C)(C)c1ccc2c(c1)[Si](C)(C)c1cc(C#N)ccc1-2. The molecular formula is C19H21NSi. The summed E-state index contributed by atoms with van der Waals surface area (Å²) in [5.41, 5.74) is 5.06. The van der Waals surface area contributed by atoms with Gasteiger partial charge in [0, 0.05) is 0 Å². The second-order valence-corrected chi connectivity index (χ2v) is 11.8. The molecule has 3 rings (SSSR count). The van der Waals surface area contributed by atoms with Crippen molar-refractivity contribution in [3.8, 4) is 17.2 Å². The summed E-state index contributed by atoms with van der Waals surface area (Å²) in [4.78, 5) is 0. The molecule has 0 saturated carbocycles. The van der Waals surface area contributed by atoms with E-state index >= 15 is 0 Å². The van der Waals surface area contributed by atoms with Gasteiger partial charge in [0.25, 0.3) is 0 Å². The van der Waals surface area contributed by atoms with E-state index in [9.17, 15) is 5.26 Å². The van der Waals surface area contributed by atoms with E-state index in [1.807, 2.05) is 6.07 Å². The van der Waals surface area contributed by atoms with Gasteiger partial charge in [0.05, 0.1) is 11.6 Å². The second kappa shape index (κ2) is 4.32. The monoisotopic (exact) mass is 291 g/mol. The van der Waals surface area contributed by atoms with Crippen molar-refractivity contribution in [1.82, 2.24) is 0 Å². The Bertz CT molecular complexity index is 773. The van der Waals surface area contributed by atoms with Crippen LogP contribution in [0.4, 0.5) is 0 Å². The quantitative estimate of drug-likeness (QED) is 0.680. The normalized spacial score (nSPS) is 15.2. The average molecular weight is 291 g/mol. The molecule has 0 atom stereocenters. The molecule has 0 N–H and O–H groups in total. The fourth-order valence-corrected chi connectivity index (χ4v) is 6.38. The third kappa shape index (κ3) is 2.04. The van der Waals surface area contributed by atoms with Crippen LogP contribution < -0.4 is 10.4 Å². The molecular weight excluding hydrogens is 270 g/mol. The maximum absolute atomic E-state index is 9.17. The van der Waals surface area contributed by atoms with Crippen molar-refractivity contribution in [2.24, 2.45) is 0 Å². The van der Waals surface area contributed by atoms with E-state index in [0.717, 1.165) is 5.56 Å². The molecule has 0 bridgehead atoms. The van der Waals surface area contributed by atoms with Crippen molar-refractivity contribution < 1.29 is 0 Å². The van der Waals surface area contributed by atoms with E-state index < -0.39 is 8.07 Å². The Morgan fingerprint density at radius 1 is 0.905 bits per heavy atom. The van der Waals surface area contributed by atoms with Gasteiger partial charge in [0.15, 0.2) is 0 Å². The molecule has 1 heterocycles. The molecule has 1 nitrogen and oxygen atoms in total. The smallest absolute Gasteiger partial charge is 0.113 e. The highest BCUT2D eigenvalue weighted by molar-refractivity contribution is 7.03. The van der Waals surface area contributed by atoms with Gasteiger partial charge in [-0.1, -0.05) is 58.1 Å². The van der Waals surface area contributed by atoms with Crippen LogP contribution in [0, 0.1) is 11.3 Å². The van der Waals surface area contributed by atoms with E-state index in [1.165, 1.54) is 27.1 Å². The first kappa shape index (κ1) is 14.1. The maximum Gasteiger partial charge on any atom is 0.113 e. The van der Waals surface area contributed by atoms with Crippen LogP contribution in [0.5, 0.6) is 0 Å². The lowest BCUT2D eigenvalue weighted by atomic mass is 9.86. The number of hydrogen-bond acceptors (Lipinski definition) is 1. The van der Waals surface area contributed by atoms with Crippen LogP contribution in [0.2, 0.25) is 13.1 Å². The van der Waals surface area contributed by atoms with Crippen LogP contribution in [0.15, 0.2) is 36.4 Å². The van der Waals surface area contributed by atoms with Gasteiger partial charge >= 0.3 is 0 Å². The summed E-state index contributed by atoms with van der Waals surface area (Å²) in [5.74, 6) is 0. The summed E-state index contributed by atoms with van der Waals surface area (Å²) in [7, 11) is -1.69. The van der Waals surface area contributed by atoms with Crippen LogP contribution in [0.1, 0.15) is 31.9 Å². The highest BCUT2D eigenvalue weighted by atomic mass is 28.3. The van der Waals surface area contributed by atoms with Gasteiger partial charge in [-0.3, -0.25) is 0 Å². The fourth-order valence-electron chi connectivity index (χ4n) is 3.27. The van der Waals surface area contributed by atoms with E-state index in [0.29, 0.717) is 0 Å². The standard InChI is InChI=1S/C19H21NSi/c1-19(2,3)14-7-9-16-15-8-6-13(12-20)10-17(15)21(4,5)18(16)11-14/h6-11H,1-5H3. The van der Waals surface area contributed by atoms with E-state index in [2.05, 4.69) is 70.3 Å². The molecule has 0 radical (unpaired) electrons. The Morgan fingerprint density at radius 2 is 1.48 bits per heavy atom. The fraction of sp³-hybridized carbons (Fsp3) is 0.316. The number of fused-ring (bicyclic) bond motifs is 3. The zero-order valence-corrected chi connectivity index (χ0v) is 14.4. The zero-order valence-electron chi connectivity index (χ0n) is 13.4. The minimum absolute atomic E-state index is 0.173. The molecule has 0 unspecified atom stereocenters. The number of nitriles is 1.